The van der Waals surface area contributed by atoms with Crippen molar-refractivity contribution in [2.24, 2.45) is 0 Å². The first-order valence-electron chi connectivity index (χ1n) is 12.1. The maximum atomic E-state index is 13.6. The molecule has 2 atom stereocenters. The summed E-state index contributed by atoms with van der Waals surface area (Å²) in [4.78, 5) is 45.6. The Morgan fingerprint density at radius 1 is 1.16 bits per heavy atom. The molecule has 2 heterocycles. The van der Waals surface area contributed by atoms with Crippen LogP contribution in [0.25, 0.3) is 11.3 Å². The van der Waals surface area contributed by atoms with E-state index in [0.29, 0.717) is 11.3 Å². The lowest BCUT2D eigenvalue weighted by molar-refractivity contribution is -0.120. The summed E-state index contributed by atoms with van der Waals surface area (Å²) in [7, 11) is 0. The van der Waals surface area contributed by atoms with Gasteiger partial charge in [0.15, 0.2) is 10.9 Å². The molecule has 0 saturated heterocycles. The van der Waals surface area contributed by atoms with Crippen molar-refractivity contribution in [1.82, 2.24) is 14.5 Å². The van der Waals surface area contributed by atoms with E-state index >= 15 is 0 Å². The predicted molar refractivity (Wildman–Crippen MR) is 144 cm³/mol. The number of Topliss-reactive ketones (excluding diaryl/α,β-unsaturated/α-hetero) is 1. The van der Waals surface area contributed by atoms with Gasteiger partial charge in [0.2, 0.25) is 11.8 Å². The summed E-state index contributed by atoms with van der Waals surface area (Å²) in [6.45, 7) is 3.53. The highest BCUT2D eigenvalue weighted by Crippen LogP contribution is 2.35. The third-order valence-corrected chi connectivity index (χ3v) is 6.85. The lowest BCUT2D eigenvalue weighted by Gasteiger charge is -2.24. The van der Waals surface area contributed by atoms with Crippen LogP contribution in [0, 0.1) is 0 Å². The van der Waals surface area contributed by atoms with Gasteiger partial charge in [-0.15, -0.1) is 11.3 Å². The van der Waals surface area contributed by atoms with Gasteiger partial charge in [-0.2, -0.15) is 0 Å². The minimum Gasteiger partial charge on any atom is -0.493 e. The van der Waals surface area contributed by atoms with Crippen molar-refractivity contribution in [2.45, 2.75) is 32.2 Å². The Balaban J connectivity index is 1.71. The molecular formula is C27H28N4O6S. The molecule has 4 rings (SSSR count). The number of aromatic hydroxyl groups is 1. The van der Waals surface area contributed by atoms with E-state index < -0.39 is 29.4 Å². The number of hydrogen-bond donors (Lipinski definition) is 4. The summed E-state index contributed by atoms with van der Waals surface area (Å²) in [5, 5.41) is 24.6. The molecular weight excluding hydrogens is 508 g/mol. The van der Waals surface area contributed by atoms with Crippen LogP contribution in [0.3, 0.4) is 0 Å². The van der Waals surface area contributed by atoms with Gasteiger partial charge in [-0.3, -0.25) is 9.59 Å². The SMILES string of the molecule is CCC(=O)c1csc(NC(=O)[C@H]([C@@H](C)c2ccccc2)n2c(O)c(-c3ccc(OCCO)cc3)[nH]c2=O)n1. The van der Waals surface area contributed by atoms with Gasteiger partial charge in [0.1, 0.15) is 29.8 Å². The van der Waals surface area contributed by atoms with Crippen LogP contribution in [0.1, 0.15) is 48.3 Å². The van der Waals surface area contributed by atoms with E-state index in [1.54, 1.807) is 43.5 Å². The molecule has 4 N–H and O–H groups in total. The number of aromatic nitrogens is 3. The molecule has 0 aliphatic rings. The monoisotopic (exact) mass is 536 g/mol. The number of carbonyl (C=O) groups is 2. The molecule has 1 amide bonds. The maximum Gasteiger partial charge on any atom is 0.329 e. The zero-order valence-electron chi connectivity index (χ0n) is 20.9. The third-order valence-electron chi connectivity index (χ3n) is 6.09. The highest BCUT2D eigenvalue weighted by Gasteiger charge is 2.33. The minimum atomic E-state index is -1.14. The van der Waals surface area contributed by atoms with E-state index in [9.17, 15) is 19.5 Å². The van der Waals surface area contributed by atoms with Crippen molar-refractivity contribution in [3.63, 3.8) is 0 Å². The fourth-order valence-electron chi connectivity index (χ4n) is 4.11. The number of thiazole rings is 1. The molecule has 0 unspecified atom stereocenters. The molecule has 4 aromatic rings. The molecule has 0 aliphatic carbocycles. The van der Waals surface area contributed by atoms with E-state index in [2.05, 4.69) is 15.3 Å². The smallest absolute Gasteiger partial charge is 0.329 e. The number of benzene rings is 2. The van der Waals surface area contributed by atoms with Gasteiger partial charge in [-0.05, 0) is 29.8 Å². The number of ketones is 1. The van der Waals surface area contributed by atoms with Crippen molar-refractivity contribution < 1.29 is 24.5 Å². The van der Waals surface area contributed by atoms with Gasteiger partial charge in [0, 0.05) is 23.3 Å². The number of imidazole rings is 1. The summed E-state index contributed by atoms with van der Waals surface area (Å²) in [5.74, 6) is -1.12. The van der Waals surface area contributed by atoms with E-state index in [4.69, 9.17) is 9.84 Å². The zero-order valence-corrected chi connectivity index (χ0v) is 21.7. The number of anilines is 1. The van der Waals surface area contributed by atoms with Crippen LogP contribution in [-0.2, 0) is 4.79 Å². The van der Waals surface area contributed by atoms with Gasteiger partial charge in [-0.25, -0.2) is 14.3 Å². The summed E-state index contributed by atoms with van der Waals surface area (Å²) in [6, 6.07) is 14.6. The van der Waals surface area contributed by atoms with Crippen LogP contribution in [0.4, 0.5) is 5.13 Å². The molecule has 11 heteroatoms. The summed E-state index contributed by atoms with van der Waals surface area (Å²) in [6.07, 6.45) is 0.286. The average Bonchev–Trinajstić information content (AvgIpc) is 3.52. The van der Waals surface area contributed by atoms with Gasteiger partial charge >= 0.3 is 5.69 Å². The highest BCUT2D eigenvalue weighted by molar-refractivity contribution is 7.14. The number of nitrogens with one attached hydrogen (secondary N) is 2. The van der Waals surface area contributed by atoms with Gasteiger partial charge < -0.3 is 25.3 Å². The Kier molecular flexibility index (Phi) is 8.39. The first kappa shape index (κ1) is 26.8. The number of ether oxygens (including phenoxy) is 1. The average molecular weight is 537 g/mol. The van der Waals surface area contributed by atoms with E-state index in [1.807, 2.05) is 30.3 Å². The number of aliphatic hydroxyl groups is 1. The second kappa shape index (κ2) is 11.9. The van der Waals surface area contributed by atoms with Crippen molar-refractivity contribution in [2.75, 3.05) is 18.5 Å². The molecule has 0 fully saturated rings. The van der Waals surface area contributed by atoms with Crippen LogP contribution in [0.2, 0.25) is 0 Å². The van der Waals surface area contributed by atoms with Gasteiger partial charge in [0.05, 0.1) is 6.61 Å². The Morgan fingerprint density at radius 3 is 2.53 bits per heavy atom. The molecule has 0 saturated carbocycles. The molecule has 0 radical (unpaired) electrons. The molecule has 2 aromatic heterocycles. The first-order chi connectivity index (χ1) is 18.3. The van der Waals surface area contributed by atoms with E-state index in [-0.39, 0.29) is 41.9 Å². The van der Waals surface area contributed by atoms with Crippen molar-refractivity contribution in [3.05, 3.63) is 81.7 Å². The van der Waals surface area contributed by atoms with Crippen molar-refractivity contribution in [1.29, 1.82) is 0 Å². The molecule has 10 nitrogen and oxygen atoms in total. The topological polar surface area (TPSA) is 147 Å². The quantitative estimate of drug-likeness (QED) is 0.212. The Hall–Kier alpha value is -4.22. The minimum absolute atomic E-state index is 0.126. The summed E-state index contributed by atoms with van der Waals surface area (Å²) < 4.78 is 6.40. The molecule has 0 aliphatic heterocycles. The first-order valence-corrected chi connectivity index (χ1v) is 12.9. The molecule has 198 valence electrons. The highest BCUT2D eigenvalue weighted by atomic mass is 32.1. The van der Waals surface area contributed by atoms with E-state index in [1.165, 1.54) is 0 Å². The number of aromatic amines is 1. The number of rotatable bonds is 11. The number of H-pyrrole nitrogens is 1. The van der Waals surface area contributed by atoms with Crippen molar-refractivity contribution >= 4 is 28.2 Å². The second-order valence-corrected chi connectivity index (χ2v) is 9.40. The largest absolute Gasteiger partial charge is 0.493 e. The molecule has 38 heavy (non-hydrogen) atoms. The van der Waals surface area contributed by atoms with Gasteiger partial charge in [0.25, 0.3) is 0 Å². The number of hydrogen-bond acceptors (Lipinski definition) is 8. The molecule has 0 bridgehead atoms. The Labute approximate surface area is 222 Å². The lowest BCUT2D eigenvalue weighted by Crippen LogP contribution is -2.35. The summed E-state index contributed by atoms with van der Waals surface area (Å²) >= 11 is 1.11. The van der Waals surface area contributed by atoms with Crippen LogP contribution in [-0.4, -0.2) is 49.7 Å². The van der Waals surface area contributed by atoms with E-state index in [0.717, 1.165) is 21.5 Å². The maximum absolute atomic E-state index is 13.6. The zero-order chi connectivity index (χ0) is 27.2. The second-order valence-electron chi connectivity index (χ2n) is 8.54. The van der Waals surface area contributed by atoms with Gasteiger partial charge in [-0.1, -0.05) is 44.2 Å². The van der Waals surface area contributed by atoms with Crippen molar-refractivity contribution in [3.8, 4) is 22.9 Å². The fourth-order valence-corrected chi connectivity index (χ4v) is 4.82. The Bertz CT molecular complexity index is 1460. The normalized spacial score (nSPS) is 12.6. The van der Waals surface area contributed by atoms with Crippen LogP contribution < -0.4 is 15.7 Å². The number of aliphatic hydroxyl groups excluding tert-OH is 1. The third kappa shape index (κ3) is 5.68. The van der Waals surface area contributed by atoms with Crippen LogP contribution in [0.15, 0.2) is 64.8 Å². The predicted octanol–water partition coefficient (Wildman–Crippen LogP) is 3.95. The molecule has 2 aromatic carbocycles. The Morgan fingerprint density at radius 2 is 1.87 bits per heavy atom. The number of amides is 1. The number of carbonyl (C=O) groups excluding carboxylic acids is 2. The lowest BCUT2D eigenvalue weighted by atomic mass is 9.92. The summed E-state index contributed by atoms with van der Waals surface area (Å²) in [5.41, 5.74) is 1.03. The number of nitrogens with zero attached hydrogens (tertiary/aromatic N) is 2. The molecule has 0 spiro atoms. The fraction of sp³-hybridized carbons (Fsp3) is 0.259. The standard InChI is InChI=1S/C27H28N4O6S/c1-3-21(33)20-15-38-26(28-20)30-24(34)23(16(2)17-7-5-4-6-8-17)31-25(35)22(29-27(31)36)18-9-11-19(12-10-18)37-14-13-32/h4-12,15-16,23,32,35H,3,13-14H2,1-2H3,(H,29,36)(H,28,30,34)/t16-,23-/m0/s1. The van der Waals surface area contributed by atoms with Crippen LogP contribution in [0.5, 0.6) is 11.6 Å². The van der Waals surface area contributed by atoms with Crippen LogP contribution >= 0.6 is 11.3 Å².